The molecule has 236 valence electrons. The van der Waals surface area contributed by atoms with Gasteiger partial charge in [-0.1, -0.05) is 24.3 Å². The first-order chi connectivity index (χ1) is 21.6. The number of pyridine rings is 1. The topological polar surface area (TPSA) is 109 Å². The summed E-state index contributed by atoms with van der Waals surface area (Å²) in [5.74, 6) is -3.01. The predicted molar refractivity (Wildman–Crippen MR) is 163 cm³/mol. The van der Waals surface area contributed by atoms with Crippen molar-refractivity contribution in [1.29, 1.82) is 0 Å². The Hall–Kier alpha value is -4.87. The lowest BCUT2D eigenvalue weighted by Gasteiger charge is -2.18. The lowest BCUT2D eigenvalue weighted by Crippen LogP contribution is -2.37. The van der Waals surface area contributed by atoms with Crippen molar-refractivity contribution in [3.8, 4) is 11.3 Å². The van der Waals surface area contributed by atoms with E-state index in [4.69, 9.17) is 9.90 Å². The van der Waals surface area contributed by atoms with Crippen LogP contribution in [-0.2, 0) is 11.3 Å². The van der Waals surface area contributed by atoms with E-state index in [1.54, 1.807) is 0 Å². The van der Waals surface area contributed by atoms with Crippen LogP contribution in [0.4, 0.5) is 34.1 Å². The number of carbonyl (C=O) groups is 3. The monoisotopic (exact) mass is 621 g/mol. The van der Waals surface area contributed by atoms with Gasteiger partial charge in [0.05, 0.1) is 10.8 Å². The Morgan fingerprint density at radius 2 is 1.24 bits per heavy atom. The Labute approximate surface area is 258 Å². The molecule has 2 fully saturated rings. The van der Waals surface area contributed by atoms with Crippen molar-refractivity contribution in [2.75, 3.05) is 36.8 Å². The highest BCUT2D eigenvalue weighted by atomic mass is 19.4. The molecule has 3 aromatic carbocycles. The van der Waals surface area contributed by atoms with Crippen LogP contribution in [0.2, 0.25) is 0 Å². The van der Waals surface area contributed by atoms with E-state index in [0.717, 1.165) is 103 Å². The minimum absolute atomic E-state index is 0.0349. The molecular formula is C33H34F3N5O4. The highest BCUT2D eigenvalue weighted by molar-refractivity contribution is 6.11. The number of anilines is 2. The predicted octanol–water partition coefficient (Wildman–Crippen LogP) is 5.52. The number of amides is 4. The lowest BCUT2D eigenvalue weighted by atomic mass is 9.98. The van der Waals surface area contributed by atoms with Crippen LogP contribution < -0.4 is 20.3 Å². The number of carboxylic acid groups (broad SMARTS) is 1. The fourth-order valence-corrected chi connectivity index (χ4v) is 5.86. The van der Waals surface area contributed by atoms with E-state index in [-0.39, 0.29) is 12.1 Å². The minimum atomic E-state index is -5.19. The third-order valence-corrected chi connectivity index (χ3v) is 8.01. The van der Waals surface area contributed by atoms with E-state index in [2.05, 4.69) is 70.7 Å². The molecule has 2 aliphatic heterocycles. The number of alkyl halides is 3. The van der Waals surface area contributed by atoms with Crippen LogP contribution in [0.15, 0.2) is 66.7 Å². The molecule has 0 saturated carbocycles. The molecule has 12 heteroatoms. The number of benzene rings is 3. The number of carbonyl (C=O) groups excluding carboxylic acids is 3. The number of carboxylic acids is 1. The smallest absolute Gasteiger partial charge is 0.430 e. The summed E-state index contributed by atoms with van der Waals surface area (Å²) < 4.78 is 33.9. The van der Waals surface area contributed by atoms with Gasteiger partial charge in [-0.25, -0.2) is 9.59 Å². The maximum Gasteiger partial charge on any atom is 0.430 e. The average molecular weight is 622 g/mol. The fourth-order valence-electron chi connectivity index (χ4n) is 5.86. The first kappa shape index (κ1) is 31.6. The van der Waals surface area contributed by atoms with Crippen molar-refractivity contribution in [2.45, 2.75) is 45.3 Å². The molecule has 2 saturated heterocycles. The number of likely N-dealkylation sites (tertiary alicyclic amines) is 2. The second-order valence-electron chi connectivity index (χ2n) is 11.0. The van der Waals surface area contributed by atoms with Crippen molar-refractivity contribution >= 4 is 51.1 Å². The number of aryl methyl sites for hydroxylation is 1. The van der Waals surface area contributed by atoms with Gasteiger partial charge in [-0.05, 0) is 69.0 Å². The summed E-state index contributed by atoms with van der Waals surface area (Å²) in [6.07, 6.45) is -0.944. The Kier molecular flexibility index (Phi) is 9.40. The van der Waals surface area contributed by atoms with Gasteiger partial charge in [-0.15, -0.1) is 0 Å². The van der Waals surface area contributed by atoms with Crippen LogP contribution >= 0.6 is 0 Å². The van der Waals surface area contributed by atoms with E-state index in [0.29, 0.717) is 0 Å². The largest absolute Gasteiger partial charge is 0.542 e. The molecule has 45 heavy (non-hydrogen) atoms. The van der Waals surface area contributed by atoms with Crippen molar-refractivity contribution in [3.05, 3.63) is 66.7 Å². The molecule has 9 nitrogen and oxygen atoms in total. The summed E-state index contributed by atoms with van der Waals surface area (Å²) in [4.78, 5) is 38.2. The van der Waals surface area contributed by atoms with Crippen LogP contribution in [0.5, 0.6) is 0 Å². The zero-order valence-corrected chi connectivity index (χ0v) is 24.8. The summed E-state index contributed by atoms with van der Waals surface area (Å²) in [5, 5.41) is 18.3. The molecule has 6 rings (SSSR count). The van der Waals surface area contributed by atoms with Gasteiger partial charge in [0.25, 0.3) is 0 Å². The molecule has 0 radical (unpaired) electrons. The zero-order valence-electron chi connectivity index (χ0n) is 24.8. The fraction of sp³-hybridized carbons (Fsp3) is 0.333. The van der Waals surface area contributed by atoms with Gasteiger partial charge < -0.3 is 30.3 Å². The van der Waals surface area contributed by atoms with Crippen molar-refractivity contribution in [3.63, 3.8) is 0 Å². The van der Waals surface area contributed by atoms with Crippen LogP contribution in [0, 0.1) is 0 Å². The first-order valence-corrected chi connectivity index (χ1v) is 15.0. The van der Waals surface area contributed by atoms with Crippen molar-refractivity contribution < 1.29 is 37.2 Å². The van der Waals surface area contributed by atoms with E-state index >= 15 is 0 Å². The number of aromatic nitrogens is 1. The average Bonchev–Trinajstić information content (AvgIpc) is 3.76. The van der Waals surface area contributed by atoms with Crippen molar-refractivity contribution in [1.82, 2.24) is 9.80 Å². The molecule has 0 spiro atoms. The molecule has 0 unspecified atom stereocenters. The van der Waals surface area contributed by atoms with Gasteiger partial charge in [0.2, 0.25) is 11.2 Å². The number of aliphatic carboxylic acids is 1. The summed E-state index contributed by atoms with van der Waals surface area (Å²) in [6, 6.07) is 22.7. The Morgan fingerprint density at radius 1 is 0.756 bits per heavy atom. The maximum atomic E-state index is 12.8. The normalized spacial score (nSPS) is 14.8. The molecule has 0 aliphatic carbocycles. The van der Waals surface area contributed by atoms with Crippen molar-refractivity contribution in [2.24, 2.45) is 0 Å². The first-order valence-electron chi connectivity index (χ1n) is 15.0. The van der Waals surface area contributed by atoms with E-state index in [1.165, 1.54) is 0 Å². The molecule has 2 aliphatic rings. The summed E-state index contributed by atoms with van der Waals surface area (Å²) in [6.45, 7) is 6.15. The molecule has 3 heterocycles. The second kappa shape index (κ2) is 13.4. The number of hydrogen-bond donors (Lipinski definition) is 2. The third kappa shape index (κ3) is 7.11. The van der Waals surface area contributed by atoms with E-state index < -0.39 is 12.1 Å². The standard InChI is InChI=1S/C31H33N5O2.C2HF3O2/c1-2-36-28-21-24(33-31(38)35-18-8-9-19-35)13-15-26(28)25-14-12-23(32-30(37)34-16-6-7-17-34)20-27(25)29(36)22-10-4-3-5-11-22;3-2(4,5)1(6)7/h3-5,10-15,20-21H,2,6-9,16-19H2,1H3,(H,32,37);(H,6,7). The van der Waals surface area contributed by atoms with Gasteiger partial charge in [0.15, 0.2) is 0 Å². The Balaban J connectivity index is 0.000000515. The quantitative estimate of drug-likeness (QED) is 0.231. The number of halogens is 3. The summed E-state index contributed by atoms with van der Waals surface area (Å²) in [7, 11) is 0. The molecule has 4 amide bonds. The number of urea groups is 2. The molecule has 0 atom stereocenters. The zero-order chi connectivity index (χ0) is 32.1. The maximum absolute atomic E-state index is 12.8. The van der Waals surface area contributed by atoms with E-state index in [9.17, 15) is 22.8 Å². The summed E-state index contributed by atoms with van der Waals surface area (Å²) in [5.41, 5.74) is 4.85. The van der Waals surface area contributed by atoms with Crippen LogP contribution in [0.25, 0.3) is 32.9 Å². The van der Waals surface area contributed by atoms with Crippen LogP contribution in [0.3, 0.4) is 0 Å². The molecule has 2 N–H and O–H groups in total. The molecule has 4 aromatic rings. The van der Waals surface area contributed by atoms with Crippen LogP contribution in [0.1, 0.15) is 32.6 Å². The number of fused-ring (bicyclic) bond motifs is 3. The van der Waals surface area contributed by atoms with E-state index in [1.807, 2.05) is 28.0 Å². The van der Waals surface area contributed by atoms with Crippen LogP contribution in [-0.4, -0.2) is 60.2 Å². The number of nitrogens with zero attached hydrogens (tertiary/aromatic N) is 3. The molecular weight excluding hydrogens is 587 g/mol. The molecule has 0 bridgehead atoms. The van der Waals surface area contributed by atoms with Gasteiger partial charge in [-0.2, -0.15) is 17.7 Å². The van der Waals surface area contributed by atoms with Gasteiger partial charge >= 0.3 is 18.2 Å². The number of nitrogens with one attached hydrogen (secondary N) is 2. The SMILES string of the molecule is CC[n+]1c(-c2ccccc2)c2cc(NC(=O)N3CCCC3)ccc2c2ccc(NC(=O)N3CCCC3)cc21.O=C([O-])C(F)(F)F. The Morgan fingerprint density at radius 3 is 1.73 bits per heavy atom. The highest BCUT2D eigenvalue weighted by Gasteiger charge is 2.29. The lowest BCUT2D eigenvalue weighted by molar-refractivity contribution is -0.655. The number of hydrogen-bond acceptors (Lipinski definition) is 4. The minimum Gasteiger partial charge on any atom is -0.542 e. The van der Waals surface area contributed by atoms with Gasteiger partial charge in [-0.3, -0.25) is 0 Å². The molecule has 1 aromatic heterocycles. The van der Waals surface area contributed by atoms with Gasteiger partial charge in [0.1, 0.15) is 12.5 Å². The van der Waals surface area contributed by atoms with Gasteiger partial charge in [0, 0.05) is 54.6 Å². The number of rotatable bonds is 4. The highest BCUT2D eigenvalue weighted by Crippen LogP contribution is 2.34. The second-order valence-corrected chi connectivity index (χ2v) is 11.0. The summed E-state index contributed by atoms with van der Waals surface area (Å²) >= 11 is 0. The Bertz CT molecular complexity index is 1720. The third-order valence-electron chi connectivity index (χ3n) is 8.01.